The first-order valence-electron chi connectivity index (χ1n) is 9.16. The van der Waals surface area contributed by atoms with Crippen LogP contribution < -0.4 is 5.14 Å². The van der Waals surface area contributed by atoms with Crippen LogP contribution in [0.4, 0.5) is 4.39 Å². The minimum atomic E-state index is -3.83. The van der Waals surface area contributed by atoms with Crippen LogP contribution in [0.2, 0.25) is 0 Å². The average Bonchev–Trinajstić information content (AvgIpc) is 3.07. The van der Waals surface area contributed by atoms with Crippen molar-refractivity contribution in [2.24, 2.45) is 5.14 Å². The van der Waals surface area contributed by atoms with Crippen LogP contribution in [0.1, 0.15) is 17.0 Å². The van der Waals surface area contributed by atoms with Gasteiger partial charge in [0.05, 0.1) is 15.9 Å². The van der Waals surface area contributed by atoms with Crippen LogP contribution in [-0.4, -0.2) is 18.4 Å². The summed E-state index contributed by atoms with van der Waals surface area (Å²) >= 11 is 0. The van der Waals surface area contributed by atoms with Gasteiger partial charge in [-0.15, -0.1) is 0 Å². The number of halogens is 1. The summed E-state index contributed by atoms with van der Waals surface area (Å²) in [6.07, 6.45) is 1.31. The van der Waals surface area contributed by atoms with Gasteiger partial charge in [-0.2, -0.15) is 0 Å². The van der Waals surface area contributed by atoms with Crippen molar-refractivity contribution in [3.8, 4) is 11.1 Å². The fraction of sp³-hybridized carbons (Fsp3) is 0.136. The van der Waals surface area contributed by atoms with Gasteiger partial charge in [0.15, 0.2) is 0 Å². The summed E-state index contributed by atoms with van der Waals surface area (Å²) < 4.78 is 37.4. The molecule has 0 saturated carbocycles. The molecule has 0 saturated heterocycles. The molecule has 4 aromatic rings. The van der Waals surface area contributed by atoms with Gasteiger partial charge >= 0.3 is 0 Å². The second kappa shape index (κ2) is 7.42. The Hall–Kier alpha value is -3.03. The van der Waals surface area contributed by atoms with Crippen molar-refractivity contribution in [1.82, 2.24) is 9.97 Å². The number of hydrogen-bond acceptors (Lipinski definition) is 3. The molecule has 0 atom stereocenters. The Morgan fingerprint density at radius 2 is 1.83 bits per heavy atom. The van der Waals surface area contributed by atoms with Gasteiger partial charge < -0.3 is 4.98 Å². The lowest BCUT2D eigenvalue weighted by atomic mass is 10.1. The highest BCUT2D eigenvalue weighted by molar-refractivity contribution is 7.89. The molecular formula is C22H20FN3O2S. The minimum absolute atomic E-state index is 0.0802. The molecule has 3 aromatic carbocycles. The maximum Gasteiger partial charge on any atom is 0.238 e. The van der Waals surface area contributed by atoms with E-state index in [4.69, 9.17) is 5.14 Å². The summed E-state index contributed by atoms with van der Waals surface area (Å²) in [7, 11) is -3.83. The van der Waals surface area contributed by atoms with Crippen LogP contribution in [0.3, 0.4) is 0 Å². The zero-order valence-corrected chi connectivity index (χ0v) is 16.6. The monoisotopic (exact) mass is 409 g/mol. The molecule has 0 amide bonds. The van der Waals surface area contributed by atoms with Crippen LogP contribution in [0.15, 0.2) is 65.6 Å². The first kappa shape index (κ1) is 19.3. The van der Waals surface area contributed by atoms with Crippen molar-refractivity contribution in [3.63, 3.8) is 0 Å². The highest BCUT2D eigenvalue weighted by Crippen LogP contribution is 2.28. The largest absolute Gasteiger partial charge is 0.342 e. The molecule has 7 heteroatoms. The summed E-state index contributed by atoms with van der Waals surface area (Å²) in [5.74, 6) is 0.557. The van der Waals surface area contributed by atoms with E-state index < -0.39 is 10.0 Å². The van der Waals surface area contributed by atoms with Gasteiger partial charge in [0.2, 0.25) is 10.0 Å². The van der Waals surface area contributed by atoms with Crippen LogP contribution in [0.5, 0.6) is 0 Å². The third-order valence-electron chi connectivity index (χ3n) is 4.79. The molecule has 0 aliphatic heterocycles. The molecule has 4 rings (SSSR count). The second-order valence-corrected chi connectivity index (χ2v) is 8.62. The summed E-state index contributed by atoms with van der Waals surface area (Å²) in [5, 5.41) is 5.35. The van der Waals surface area contributed by atoms with E-state index in [-0.39, 0.29) is 10.7 Å². The molecule has 1 heterocycles. The van der Waals surface area contributed by atoms with Gasteiger partial charge in [0.25, 0.3) is 0 Å². The van der Waals surface area contributed by atoms with Gasteiger partial charge in [0, 0.05) is 12.0 Å². The molecule has 3 N–H and O–H groups in total. The number of aryl methyl sites for hydroxylation is 3. The molecule has 0 aliphatic rings. The summed E-state index contributed by atoms with van der Waals surface area (Å²) in [6.45, 7) is 1.87. The van der Waals surface area contributed by atoms with Crippen molar-refractivity contribution in [2.75, 3.05) is 0 Å². The van der Waals surface area contributed by atoms with Gasteiger partial charge in [-0.25, -0.2) is 22.9 Å². The average molecular weight is 409 g/mol. The normalized spacial score (nSPS) is 11.8. The molecule has 1 aromatic heterocycles. The lowest BCUT2D eigenvalue weighted by Crippen LogP contribution is -2.13. The third kappa shape index (κ3) is 4.21. The first-order valence-corrected chi connectivity index (χ1v) is 10.7. The van der Waals surface area contributed by atoms with Crippen LogP contribution in [0.25, 0.3) is 22.2 Å². The number of nitrogens with two attached hydrogens (primary N) is 1. The Balaban J connectivity index is 1.64. The number of hydrogen-bond donors (Lipinski definition) is 2. The van der Waals surface area contributed by atoms with Gasteiger partial charge in [-0.3, -0.25) is 0 Å². The number of aromatic amines is 1. The summed E-state index contributed by atoms with van der Waals surface area (Å²) in [4.78, 5) is 7.97. The summed E-state index contributed by atoms with van der Waals surface area (Å²) in [6, 6.07) is 17.2. The summed E-state index contributed by atoms with van der Waals surface area (Å²) in [5.41, 5.74) is 4.66. The Morgan fingerprint density at radius 1 is 1.03 bits per heavy atom. The number of benzene rings is 3. The van der Waals surface area contributed by atoms with Crippen LogP contribution in [0, 0.1) is 12.7 Å². The minimum Gasteiger partial charge on any atom is -0.342 e. The molecular weight excluding hydrogens is 389 g/mol. The van der Waals surface area contributed by atoms with Gasteiger partial charge in [-0.1, -0.05) is 30.3 Å². The Bertz CT molecular complexity index is 1290. The van der Waals surface area contributed by atoms with Crippen molar-refractivity contribution in [2.45, 2.75) is 24.7 Å². The zero-order chi connectivity index (χ0) is 20.6. The van der Waals surface area contributed by atoms with Crippen molar-refractivity contribution >= 4 is 21.1 Å². The lowest BCUT2D eigenvalue weighted by Gasteiger charge is -2.07. The second-order valence-electron chi connectivity index (χ2n) is 7.09. The van der Waals surface area contributed by atoms with Crippen molar-refractivity contribution < 1.29 is 12.8 Å². The number of aromatic nitrogens is 2. The zero-order valence-electron chi connectivity index (χ0n) is 15.8. The van der Waals surface area contributed by atoms with Gasteiger partial charge in [0.1, 0.15) is 11.6 Å². The highest BCUT2D eigenvalue weighted by Gasteiger charge is 2.15. The molecule has 0 spiro atoms. The van der Waals surface area contributed by atoms with Crippen molar-refractivity contribution in [1.29, 1.82) is 0 Å². The molecule has 148 valence electrons. The van der Waals surface area contributed by atoms with Gasteiger partial charge in [-0.05, 0) is 60.4 Å². The highest BCUT2D eigenvalue weighted by atomic mass is 32.2. The smallest absolute Gasteiger partial charge is 0.238 e. The predicted octanol–water partition coefficient (Wildman–Crippen LogP) is 4.11. The lowest BCUT2D eigenvalue weighted by molar-refractivity contribution is 0.598. The maximum absolute atomic E-state index is 13.6. The number of rotatable bonds is 5. The van der Waals surface area contributed by atoms with E-state index in [1.807, 2.05) is 31.2 Å². The fourth-order valence-electron chi connectivity index (χ4n) is 3.52. The number of sulfonamides is 1. The number of imidazole rings is 1. The van der Waals surface area contributed by atoms with Crippen LogP contribution >= 0.6 is 0 Å². The van der Waals surface area contributed by atoms with E-state index in [0.717, 1.165) is 33.5 Å². The number of nitrogens with zero attached hydrogens (tertiary/aromatic N) is 1. The Kier molecular flexibility index (Phi) is 4.94. The van der Waals surface area contributed by atoms with E-state index in [9.17, 15) is 12.8 Å². The van der Waals surface area contributed by atoms with E-state index in [1.54, 1.807) is 18.2 Å². The van der Waals surface area contributed by atoms with Crippen LogP contribution in [-0.2, 0) is 22.9 Å². The van der Waals surface area contributed by atoms with E-state index >= 15 is 0 Å². The fourth-order valence-corrected chi connectivity index (χ4v) is 4.28. The molecule has 0 bridgehead atoms. The number of fused-ring (bicyclic) bond motifs is 1. The Morgan fingerprint density at radius 3 is 2.59 bits per heavy atom. The SMILES string of the molecule is Cc1cc(F)cc(CCc2nc3cc(-c4ccccc4S(N)(=O)=O)ccc3[nH]2)c1. The number of H-pyrrole nitrogens is 1. The third-order valence-corrected chi connectivity index (χ3v) is 5.76. The molecule has 0 unspecified atom stereocenters. The molecule has 0 aliphatic carbocycles. The number of primary sulfonamides is 1. The maximum atomic E-state index is 13.6. The molecule has 0 radical (unpaired) electrons. The Labute approximate surface area is 168 Å². The molecule has 5 nitrogen and oxygen atoms in total. The van der Waals surface area contributed by atoms with E-state index in [2.05, 4.69) is 9.97 Å². The predicted molar refractivity (Wildman–Crippen MR) is 111 cm³/mol. The quantitative estimate of drug-likeness (QED) is 0.520. The topological polar surface area (TPSA) is 88.8 Å². The molecule has 0 fully saturated rings. The standard InChI is InChI=1S/C22H20FN3O2S/c1-14-10-15(12-17(23)11-14)6-9-22-25-19-8-7-16(13-20(19)26-22)18-4-2-3-5-21(18)29(24,27)28/h2-5,7-8,10-13H,6,9H2,1H3,(H,25,26)(H2,24,27,28). The van der Waals surface area contributed by atoms with Crippen molar-refractivity contribution in [3.05, 3.63) is 83.4 Å². The van der Waals surface area contributed by atoms with E-state index in [0.29, 0.717) is 18.4 Å². The van der Waals surface area contributed by atoms with E-state index in [1.165, 1.54) is 18.2 Å². The first-order chi connectivity index (χ1) is 13.8. The molecule has 29 heavy (non-hydrogen) atoms. The number of nitrogens with one attached hydrogen (secondary N) is 1.